The van der Waals surface area contributed by atoms with Gasteiger partial charge in [-0.3, -0.25) is 9.59 Å². The van der Waals surface area contributed by atoms with Crippen LogP contribution in [0.2, 0.25) is 0 Å². The number of likely N-dealkylation sites (tertiary alicyclic amines) is 1. The lowest BCUT2D eigenvalue weighted by molar-refractivity contribution is 0.0620. The van der Waals surface area contributed by atoms with Gasteiger partial charge in [0.1, 0.15) is 0 Å². The molecular weight excluding hydrogens is 358 g/mol. The molecule has 3 aromatic rings. The Morgan fingerprint density at radius 1 is 1.21 bits per heavy atom. The molecule has 8 heteroatoms. The Kier molecular flexibility index (Phi) is 4.79. The number of nitrogens with zero attached hydrogens (tertiary/aromatic N) is 4. The van der Waals surface area contributed by atoms with Crippen LogP contribution >= 0.6 is 0 Å². The molecule has 4 rings (SSSR count). The first-order valence-corrected chi connectivity index (χ1v) is 9.14. The molecule has 1 fully saturated rings. The summed E-state index contributed by atoms with van der Waals surface area (Å²) in [4.78, 5) is 30.1. The van der Waals surface area contributed by atoms with Gasteiger partial charge in [-0.25, -0.2) is 9.50 Å². The van der Waals surface area contributed by atoms with Gasteiger partial charge in [0.25, 0.3) is 11.8 Å². The standard InChI is InChI=1S/C20H20N5O3/c21-18(27)16-7-8-17(25-19(16)22-12-23-25)14-3-5-15(6-4-14)20(28)24-9-1-2-13(10-24)11-26/h3-8,13,26H,1-2,9-11H2,(H2,21,27). The van der Waals surface area contributed by atoms with Crippen LogP contribution in [-0.4, -0.2) is 56.1 Å². The molecule has 1 aromatic carbocycles. The number of aromatic nitrogens is 3. The van der Waals surface area contributed by atoms with Gasteiger partial charge in [-0.1, -0.05) is 12.1 Å². The van der Waals surface area contributed by atoms with Gasteiger partial charge in [-0.15, -0.1) is 5.10 Å². The van der Waals surface area contributed by atoms with Gasteiger partial charge in [0.2, 0.25) is 6.33 Å². The summed E-state index contributed by atoms with van der Waals surface area (Å²) in [5.74, 6) is -0.466. The molecule has 2 aromatic heterocycles. The first-order chi connectivity index (χ1) is 13.6. The second-order valence-electron chi connectivity index (χ2n) is 6.96. The van der Waals surface area contributed by atoms with Gasteiger partial charge in [-0.2, -0.15) is 0 Å². The third kappa shape index (κ3) is 3.22. The average molecular weight is 378 g/mol. The van der Waals surface area contributed by atoms with Crippen molar-refractivity contribution in [3.05, 3.63) is 53.9 Å². The van der Waals surface area contributed by atoms with Crippen LogP contribution in [0.25, 0.3) is 16.9 Å². The van der Waals surface area contributed by atoms with Gasteiger partial charge in [-0.05, 0) is 43.0 Å². The maximum atomic E-state index is 12.8. The topological polar surface area (TPSA) is 114 Å². The van der Waals surface area contributed by atoms with E-state index in [1.807, 2.05) is 12.1 Å². The van der Waals surface area contributed by atoms with E-state index in [0.717, 1.165) is 18.4 Å². The van der Waals surface area contributed by atoms with Crippen LogP contribution in [0.4, 0.5) is 0 Å². The van der Waals surface area contributed by atoms with E-state index in [9.17, 15) is 14.7 Å². The van der Waals surface area contributed by atoms with Crippen molar-refractivity contribution in [2.24, 2.45) is 11.7 Å². The Morgan fingerprint density at radius 2 is 2.00 bits per heavy atom. The quantitative estimate of drug-likeness (QED) is 0.707. The van der Waals surface area contributed by atoms with Crippen molar-refractivity contribution < 1.29 is 14.7 Å². The molecule has 3 N–H and O–H groups in total. The van der Waals surface area contributed by atoms with Crippen LogP contribution in [0.1, 0.15) is 33.6 Å². The van der Waals surface area contributed by atoms with Crippen LogP contribution in [0, 0.1) is 12.2 Å². The van der Waals surface area contributed by atoms with Crippen LogP contribution in [0.5, 0.6) is 0 Å². The summed E-state index contributed by atoms with van der Waals surface area (Å²) in [6.45, 7) is 1.40. The first kappa shape index (κ1) is 18.1. The molecule has 0 aliphatic carbocycles. The lowest BCUT2D eigenvalue weighted by atomic mass is 9.98. The second-order valence-corrected chi connectivity index (χ2v) is 6.96. The molecule has 1 saturated heterocycles. The van der Waals surface area contributed by atoms with E-state index in [2.05, 4.69) is 16.4 Å². The van der Waals surface area contributed by atoms with Crippen molar-refractivity contribution in [2.45, 2.75) is 12.8 Å². The lowest BCUT2D eigenvalue weighted by Gasteiger charge is -2.32. The number of fused-ring (bicyclic) bond motifs is 1. The summed E-state index contributed by atoms with van der Waals surface area (Å²) in [5.41, 5.74) is 8.12. The third-order valence-electron chi connectivity index (χ3n) is 5.14. The minimum atomic E-state index is -0.582. The maximum absolute atomic E-state index is 12.8. The number of piperidine rings is 1. The van der Waals surface area contributed by atoms with Crippen molar-refractivity contribution in [1.82, 2.24) is 19.5 Å². The molecular formula is C20H20N5O3. The third-order valence-corrected chi connectivity index (χ3v) is 5.14. The minimum absolute atomic E-state index is 0.0342. The van der Waals surface area contributed by atoms with Gasteiger partial charge in [0.05, 0.1) is 11.3 Å². The van der Waals surface area contributed by atoms with Gasteiger partial charge < -0.3 is 15.7 Å². The zero-order chi connectivity index (χ0) is 19.7. The van der Waals surface area contributed by atoms with Crippen molar-refractivity contribution >= 4 is 17.5 Å². The van der Waals surface area contributed by atoms with Crippen molar-refractivity contribution in [2.75, 3.05) is 19.7 Å². The number of hydrogen-bond acceptors (Lipinski definition) is 5. The molecule has 1 aliphatic rings. The number of pyridine rings is 1. The predicted molar refractivity (Wildman–Crippen MR) is 101 cm³/mol. The van der Waals surface area contributed by atoms with Crippen LogP contribution in [0.3, 0.4) is 0 Å². The largest absolute Gasteiger partial charge is 0.396 e. The highest BCUT2D eigenvalue weighted by molar-refractivity contribution is 5.99. The Morgan fingerprint density at radius 3 is 2.71 bits per heavy atom. The summed E-state index contributed by atoms with van der Waals surface area (Å²) in [6, 6.07) is 10.6. The monoisotopic (exact) mass is 378 g/mol. The summed E-state index contributed by atoms with van der Waals surface area (Å²) >= 11 is 0. The zero-order valence-electron chi connectivity index (χ0n) is 15.2. The van der Waals surface area contributed by atoms with Crippen LogP contribution < -0.4 is 5.73 Å². The molecule has 3 heterocycles. The minimum Gasteiger partial charge on any atom is -0.396 e. The SMILES string of the molecule is NC(=O)c1ccc(-c2ccc(C(=O)N3CCCC(CO)C3)cc2)n2n[c]nc12. The second kappa shape index (κ2) is 7.40. The highest BCUT2D eigenvalue weighted by Crippen LogP contribution is 2.23. The van der Waals surface area contributed by atoms with Crippen molar-refractivity contribution in [3.8, 4) is 11.3 Å². The number of aliphatic hydroxyl groups is 1. The number of hydrogen-bond donors (Lipinski definition) is 2. The molecule has 28 heavy (non-hydrogen) atoms. The van der Waals surface area contributed by atoms with E-state index in [-0.39, 0.29) is 24.0 Å². The molecule has 143 valence electrons. The maximum Gasteiger partial charge on any atom is 0.253 e. The number of primary amides is 1. The fourth-order valence-electron chi connectivity index (χ4n) is 3.63. The Bertz CT molecular complexity index is 1030. The number of aliphatic hydroxyl groups excluding tert-OH is 1. The number of carbonyl (C=O) groups is 2. The summed E-state index contributed by atoms with van der Waals surface area (Å²) in [6.07, 6.45) is 4.35. The zero-order valence-corrected chi connectivity index (χ0v) is 15.2. The van der Waals surface area contributed by atoms with E-state index < -0.39 is 5.91 Å². The molecule has 1 unspecified atom stereocenters. The normalized spacial score (nSPS) is 17.0. The fraction of sp³-hybridized carbons (Fsp3) is 0.300. The number of carbonyl (C=O) groups excluding carboxylic acids is 2. The van der Waals surface area contributed by atoms with E-state index in [0.29, 0.717) is 30.0 Å². The van der Waals surface area contributed by atoms with E-state index in [4.69, 9.17) is 5.73 Å². The smallest absolute Gasteiger partial charge is 0.253 e. The highest BCUT2D eigenvalue weighted by atomic mass is 16.3. The first-order valence-electron chi connectivity index (χ1n) is 9.14. The Hall–Kier alpha value is -3.26. The number of amides is 2. The number of nitrogens with two attached hydrogens (primary N) is 1. The van der Waals surface area contributed by atoms with Gasteiger partial charge >= 0.3 is 0 Å². The van der Waals surface area contributed by atoms with E-state index in [1.54, 1.807) is 29.2 Å². The Balaban J connectivity index is 1.61. The molecule has 1 aliphatic heterocycles. The molecule has 1 atom stereocenters. The van der Waals surface area contributed by atoms with E-state index in [1.165, 1.54) is 4.52 Å². The molecule has 0 spiro atoms. The highest BCUT2D eigenvalue weighted by Gasteiger charge is 2.24. The number of rotatable bonds is 4. The molecule has 0 bridgehead atoms. The summed E-state index contributed by atoms with van der Waals surface area (Å²) in [5, 5.41) is 13.4. The number of benzene rings is 1. The lowest BCUT2D eigenvalue weighted by Crippen LogP contribution is -2.40. The predicted octanol–water partition coefficient (Wildman–Crippen LogP) is 1.14. The molecule has 0 saturated carbocycles. The van der Waals surface area contributed by atoms with E-state index >= 15 is 0 Å². The van der Waals surface area contributed by atoms with Gasteiger partial charge in [0, 0.05) is 30.8 Å². The average Bonchev–Trinajstić information content (AvgIpc) is 3.22. The fourth-order valence-corrected chi connectivity index (χ4v) is 3.63. The summed E-state index contributed by atoms with van der Waals surface area (Å²) < 4.78 is 1.51. The van der Waals surface area contributed by atoms with Crippen LogP contribution in [-0.2, 0) is 0 Å². The van der Waals surface area contributed by atoms with Crippen molar-refractivity contribution in [3.63, 3.8) is 0 Å². The van der Waals surface area contributed by atoms with Crippen molar-refractivity contribution in [1.29, 1.82) is 0 Å². The Labute approximate surface area is 161 Å². The molecule has 1 radical (unpaired) electrons. The molecule has 2 amide bonds. The van der Waals surface area contributed by atoms with Crippen LogP contribution in [0.15, 0.2) is 36.4 Å². The molecule has 8 nitrogen and oxygen atoms in total. The summed E-state index contributed by atoms with van der Waals surface area (Å²) in [7, 11) is 0. The van der Waals surface area contributed by atoms with Gasteiger partial charge in [0.15, 0.2) is 5.65 Å².